The lowest BCUT2D eigenvalue weighted by Gasteiger charge is -2.37. The van der Waals surface area contributed by atoms with Crippen molar-refractivity contribution in [3.8, 4) is 5.75 Å². The molecule has 3 aromatic rings. The first kappa shape index (κ1) is 22.8. The zero-order valence-corrected chi connectivity index (χ0v) is 19.1. The van der Waals surface area contributed by atoms with E-state index in [2.05, 4.69) is 20.6 Å². The fourth-order valence-corrected chi connectivity index (χ4v) is 4.98. The highest BCUT2D eigenvalue weighted by atomic mass is 19.1. The predicted octanol–water partition coefficient (Wildman–Crippen LogP) is 1.58. The Balaban J connectivity index is 1.50. The summed E-state index contributed by atoms with van der Waals surface area (Å²) in [6.45, 7) is 0.411. The van der Waals surface area contributed by atoms with Crippen molar-refractivity contribution in [3.63, 3.8) is 0 Å². The lowest BCUT2D eigenvalue weighted by molar-refractivity contribution is 0.0836. The Hall–Kier alpha value is -4.02. The average Bonchev–Trinajstić information content (AvgIpc) is 3.15. The Morgan fingerprint density at radius 1 is 1.20 bits per heavy atom. The second-order valence-corrected chi connectivity index (χ2v) is 9.20. The Labute approximate surface area is 199 Å². The van der Waals surface area contributed by atoms with Gasteiger partial charge >= 0.3 is 0 Å². The maximum Gasteiger partial charge on any atom is 0.296 e. The second-order valence-electron chi connectivity index (χ2n) is 9.20. The van der Waals surface area contributed by atoms with Crippen molar-refractivity contribution in [2.75, 3.05) is 0 Å². The number of aromatic nitrogens is 4. The number of aryl methyl sites for hydroxylation is 1. The van der Waals surface area contributed by atoms with Gasteiger partial charge in [-0.25, -0.2) is 14.4 Å². The van der Waals surface area contributed by atoms with Crippen LogP contribution in [0.3, 0.4) is 0 Å². The van der Waals surface area contributed by atoms with E-state index in [4.69, 9.17) is 0 Å². The van der Waals surface area contributed by atoms with Crippen molar-refractivity contribution in [2.45, 2.75) is 44.3 Å². The van der Waals surface area contributed by atoms with Crippen LogP contribution in [0.5, 0.6) is 5.75 Å². The van der Waals surface area contributed by atoms with Crippen molar-refractivity contribution in [1.29, 1.82) is 0 Å². The third-order valence-corrected chi connectivity index (χ3v) is 6.93. The van der Waals surface area contributed by atoms with Crippen LogP contribution in [0.2, 0.25) is 0 Å². The van der Waals surface area contributed by atoms with Crippen LogP contribution in [0.25, 0.3) is 0 Å². The highest BCUT2D eigenvalue weighted by molar-refractivity contribution is 5.95. The number of benzene rings is 1. The first-order valence-electron chi connectivity index (χ1n) is 11.4. The van der Waals surface area contributed by atoms with Crippen molar-refractivity contribution < 1.29 is 19.1 Å². The molecule has 1 aromatic carbocycles. The number of carbonyl (C=O) groups excluding carboxylic acids is 2. The van der Waals surface area contributed by atoms with E-state index in [1.807, 2.05) is 0 Å². The van der Waals surface area contributed by atoms with Crippen LogP contribution in [-0.4, -0.2) is 36.0 Å². The van der Waals surface area contributed by atoms with Crippen LogP contribution >= 0.6 is 0 Å². The quantitative estimate of drug-likeness (QED) is 0.508. The van der Waals surface area contributed by atoms with E-state index >= 15 is 0 Å². The topological polar surface area (TPSA) is 131 Å². The van der Waals surface area contributed by atoms with Gasteiger partial charge in [0.05, 0.1) is 5.54 Å². The molecule has 6 rings (SSSR count). The van der Waals surface area contributed by atoms with E-state index in [1.165, 1.54) is 35.0 Å². The molecule has 2 aliphatic heterocycles. The molecule has 10 nitrogen and oxygen atoms in total. The molecule has 0 spiro atoms. The van der Waals surface area contributed by atoms with E-state index in [9.17, 15) is 23.9 Å². The number of imidazole rings is 1. The first-order valence-corrected chi connectivity index (χ1v) is 11.4. The minimum absolute atomic E-state index is 0.0573. The number of nitrogens with one attached hydrogen (secondary N) is 2. The molecule has 0 radical (unpaired) electrons. The molecule has 2 amide bonds. The SMILES string of the molecule is Cn1ccnc1C(=O)NC12CCC(CC1)Cn1c2nc(C(=O)NCc2ccc(F)cc2)c(O)c1=O. The van der Waals surface area contributed by atoms with E-state index < -0.39 is 40.2 Å². The van der Waals surface area contributed by atoms with Crippen LogP contribution in [0.15, 0.2) is 41.5 Å². The first-order chi connectivity index (χ1) is 16.8. The maximum absolute atomic E-state index is 13.2. The third kappa shape index (κ3) is 4.07. The third-order valence-electron chi connectivity index (χ3n) is 6.93. The molecule has 0 unspecified atom stereocenters. The van der Waals surface area contributed by atoms with E-state index in [-0.39, 0.29) is 24.1 Å². The number of hydrogen-bond acceptors (Lipinski definition) is 6. The molecular weight excluding hydrogens is 455 g/mol. The van der Waals surface area contributed by atoms with Gasteiger partial charge in [-0.15, -0.1) is 0 Å². The molecule has 1 saturated carbocycles. The van der Waals surface area contributed by atoms with Gasteiger partial charge in [0.25, 0.3) is 17.4 Å². The lowest BCUT2D eigenvalue weighted by Crippen LogP contribution is -2.50. The molecule has 2 aromatic heterocycles. The average molecular weight is 481 g/mol. The minimum atomic E-state index is -0.977. The van der Waals surface area contributed by atoms with Gasteiger partial charge in [0, 0.05) is 32.5 Å². The van der Waals surface area contributed by atoms with Gasteiger partial charge in [0.1, 0.15) is 11.6 Å². The van der Waals surface area contributed by atoms with E-state index in [0.29, 0.717) is 24.9 Å². The molecule has 35 heavy (non-hydrogen) atoms. The lowest BCUT2D eigenvalue weighted by atomic mass is 9.77. The van der Waals surface area contributed by atoms with Crippen molar-refractivity contribution in [3.05, 3.63) is 75.7 Å². The summed E-state index contributed by atoms with van der Waals surface area (Å²) in [5.74, 6) is -1.61. The molecule has 0 saturated heterocycles. The highest BCUT2D eigenvalue weighted by Crippen LogP contribution is 2.43. The smallest absolute Gasteiger partial charge is 0.296 e. The number of carbonyl (C=O) groups is 2. The number of nitrogens with zero attached hydrogens (tertiary/aromatic N) is 4. The van der Waals surface area contributed by atoms with E-state index in [0.717, 1.165) is 12.8 Å². The Kier molecular flexibility index (Phi) is 5.62. The number of halogens is 1. The van der Waals surface area contributed by atoms with Crippen LogP contribution in [0, 0.1) is 11.7 Å². The van der Waals surface area contributed by atoms with Crippen molar-refractivity contribution in [1.82, 2.24) is 29.7 Å². The van der Waals surface area contributed by atoms with Crippen LogP contribution < -0.4 is 16.2 Å². The number of amides is 2. The molecule has 182 valence electrons. The predicted molar refractivity (Wildman–Crippen MR) is 122 cm³/mol. The number of rotatable bonds is 5. The second kappa shape index (κ2) is 8.64. The summed E-state index contributed by atoms with van der Waals surface area (Å²) < 4.78 is 16.1. The maximum atomic E-state index is 13.2. The minimum Gasteiger partial charge on any atom is -0.501 e. The van der Waals surface area contributed by atoms with Gasteiger partial charge in [0.2, 0.25) is 5.75 Å². The summed E-state index contributed by atoms with van der Waals surface area (Å²) in [5, 5.41) is 16.2. The monoisotopic (exact) mass is 480 g/mol. The molecule has 0 atom stereocenters. The molecular formula is C24H25FN6O4. The fraction of sp³-hybridized carbons (Fsp3) is 0.375. The Bertz CT molecular complexity index is 1360. The molecule has 1 aliphatic carbocycles. The molecule has 4 heterocycles. The molecule has 3 aliphatic rings. The van der Waals surface area contributed by atoms with Gasteiger partial charge in [-0.1, -0.05) is 12.1 Å². The molecule has 11 heteroatoms. The summed E-state index contributed by atoms with van der Waals surface area (Å²) in [4.78, 5) is 47.8. The summed E-state index contributed by atoms with van der Waals surface area (Å²) in [7, 11) is 1.71. The van der Waals surface area contributed by atoms with Crippen molar-refractivity contribution >= 4 is 11.8 Å². The van der Waals surface area contributed by atoms with Crippen LogP contribution in [-0.2, 0) is 25.7 Å². The van der Waals surface area contributed by atoms with Gasteiger partial charge in [-0.2, -0.15) is 0 Å². The normalized spacial score (nSPS) is 20.7. The molecule has 2 bridgehead atoms. The van der Waals surface area contributed by atoms with Gasteiger partial charge < -0.3 is 20.3 Å². The fourth-order valence-electron chi connectivity index (χ4n) is 4.98. The Morgan fingerprint density at radius 3 is 2.57 bits per heavy atom. The summed E-state index contributed by atoms with van der Waals surface area (Å²) in [6, 6.07) is 5.60. The van der Waals surface area contributed by atoms with Crippen LogP contribution in [0.4, 0.5) is 4.39 Å². The standard InChI is InChI=1S/C24H25FN6O4/c1-30-11-10-26-19(30)21(34)29-24-8-6-15(7-9-24)13-31-22(35)18(32)17(28-23(24)31)20(33)27-12-14-2-4-16(25)5-3-14/h2-5,10-11,15,32H,6-9,12-13H2,1H3,(H,27,33)(H,29,34). The number of hydrogen-bond donors (Lipinski definition) is 3. The summed E-state index contributed by atoms with van der Waals surface area (Å²) >= 11 is 0. The zero-order chi connectivity index (χ0) is 24.7. The Morgan fingerprint density at radius 2 is 1.91 bits per heavy atom. The largest absolute Gasteiger partial charge is 0.501 e. The van der Waals surface area contributed by atoms with Gasteiger partial charge in [-0.05, 0) is 49.3 Å². The zero-order valence-electron chi connectivity index (χ0n) is 19.1. The summed E-state index contributed by atoms with van der Waals surface area (Å²) in [6.07, 6.45) is 5.79. The number of aromatic hydroxyl groups is 1. The summed E-state index contributed by atoms with van der Waals surface area (Å²) in [5.41, 5.74) is -1.46. The van der Waals surface area contributed by atoms with Crippen molar-refractivity contribution in [2.24, 2.45) is 13.0 Å². The van der Waals surface area contributed by atoms with Crippen LogP contribution in [0.1, 0.15) is 58.2 Å². The number of fused-ring (bicyclic) bond motifs is 2. The van der Waals surface area contributed by atoms with Gasteiger partial charge in [-0.3, -0.25) is 19.0 Å². The molecule has 3 N–H and O–H groups in total. The van der Waals surface area contributed by atoms with E-state index in [1.54, 1.807) is 17.8 Å². The molecule has 1 fully saturated rings. The van der Waals surface area contributed by atoms with Gasteiger partial charge in [0.15, 0.2) is 11.5 Å². The highest BCUT2D eigenvalue weighted by Gasteiger charge is 2.46.